The molecule has 1 N–H and O–H groups in total. The first kappa shape index (κ1) is 18.7. The fourth-order valence-electron chi connectivity index (χ4n) is 2.13. The van der Waals surface area contributed by atoms with E-state index in [1.807, 2.05) is 69.3 Å². The standard InChI is InChI=1S/C19H22ClNO2S/c1-13(2)23-17-10-6-4-8-15(17)12-21-19(22)14(3)24-18-11-7-5-9-16(18)20/h4-11,13-14H,12H2,1-3H3,(H,21,22). The van der Waals surface area contributed by atoms with Crippen molar-refractivity contribution in [3.05, 3.63) is 59.1 Å². The summed E-state index contributed by atoms with van der Waals surface area (Å²) in [6.07, 6.45) is 0.0940. The summed E-state index contributed by atoms with van der Waals surface area (Å²) < 4.78 is 5.78. The molecule has 3 nitrogen and oxygen atoms in total. The smallest absolute Gasteiger partial charge is 0.233 e. The SMILES string of the molecule is CC(C)Oc1ccccc1CNC(=O)C(C)Sc1ccccc1Cl. The normalized spacial score (nSPS) is 12.0. The number of rotatable bonds is 7. The van der Waals surface area contributed by atoms with Gasteiger partial charge in [0.2, 0.25) is 5.91 Å². The Hall–Kier alpha value is -1.65. The average molecular weight is 364 g/mol. The third-order valence-corrected chi connectivity index (χ3v) is 4.92. The molecular formula is C19H22ClNO2S. The molecule has 0 bridgehead atoms. The highest BCUT2D eigenvalue weighted by molar-refractivity contribution is 8.00. The van der Waals surface area contributed by atoms with E-state index in [-0.39, 0.29) is 17.3 Å². The maximum atomic E-state index is 12.3. The van der Waals surface area contributed by atoms with E-state index in [0.717, 1.165) is 16.2 Å². The number of ether oxygens (including phenoxy) is 1. The predicted octanol–water partition coefficient (Wildman–Crippen LogP) is 4.92. The van der Waals surface area contributed by atoms with Crippen molar-refractivity contribution >= 4 is 29.3 Å². The van der Waals surface area contributed by atoms with Crippen molar-refractivity contribution < 1.29 is 9.53 Å². The summed E-state index contributed by atoms with van der Waals surface area (Å²) in [7, 11) is 0. The van der Waals surface area contributed by atoms with Gasteiger partial charge in [0.25, 0.3) is 0 Å². The second-order valence-electron chi connectivity index (χ2n) is 5.68. The summed E-state index contributed by atoms with van der Waals surface area (Å²) in [6, 6.07) is 15.3. The summed E-state index contributed by atoms with van der Waals surface area (Å²) in [6.45, 7) is 6.28. The number of halogens is 1. The minimum atomic E-state index is -0.233. The van der Waals surface area contributed by atoms with Crippen LogP contribution in [0.4, 0.5) is 0 Å². The summed E-state index contributed by atoms with van der Waals surface area (Å²) in [5, 5.41) is 3.40. The molecule has 2 aromatic rings. The maximum Gasteiger partial charge on any atom is 0.233 e. The molecule has 0 spiro atoms. The Morgan fingerprint density at radius 3 is 2.50 bits per heavy atom. The molecule has 24 heavy (non-hydrogen) atoms. The van der Waals surface area contributed by atoms with Crippen LogP contribution in [0.15, 0.2) is 53.4 Å². The molecule has 1 atom stereocenters. The van der Waals surface area contributed by atoms with E-state index >= 15 is 0 Å². The summed E-state index contributed by atoms with van der Waals surface area (Å²) in [5.74, 6) is 0.776. The molecule has 0 saturated carbocycles. The Kier molecular flexibility index (Phi) is 7.00. The number of hydrogen-bond donors (Lipinski definition) is 1. The molecule has 1 amide bonds. The van der Waals surface area contributed by atoms with Crippen LogP contribution in [0.2, 0.25) is 5.02 Å². The minimum absolute atomic E-state index is 0.0285. The summed E-state index contributed by atoms with van der Waals surface area (Å²) in [4.78, 5) is 13.3. The van der Waals surface area contributed by atoms with E-state index in [0.29, 0.717) is 11.6 Å². The number of thioether (sulfide) groups is 1. The largest absolute Gasteiger partial charge is 0.491 e. The molecule has 0 heterocycles. The van der Waals surface area contributed by atoms with Gasteiger partial charge in [0.1, 0.15) is 5.75 Å². The van der Waals surface area contributed by atoms with Gasteiger partial charge in [-0.2, -0.15) is 0 Å². The number of benzene rings is 2. The van der Waals surface area contributed by atoms with Gasteiger partial charge in [-0.3, -0.25) is 4.79 Å². The van der Waals surface area contributed by atoms with Gasteiger partial charge in [0.05, 0.1) is 16.4 Å². The van der Waals surface area contributed by atoms with E-state index < -0.39 is 0 Å². The van der Waals surface area contributed by atoms with Crippen molar-refractivity contribution in [1.29, 1.82) is 0 Å². The van der Waals surface area contributed by atoms with Gasteiger partial charge in [0, 0.05) is 17.0 Å². The second kappa shape index (κ2) is 9.00. The van der Waals surface area contributed by atoms with Crippen LogP contribution in [0, 0.1) is 0 Å². The molecule has 0 aliphatic carbocycles. The Morgan fingerprint density at radius 2 is 1.79 bits per heavy atom. The highest BCUT2D eigenvalue weighted by Crippen LogP contribution is 2.30. The van der Waals surface area contributed by atoms with Gasteiger partial charge in [-0.25, -0.2) is 0 Å². The zero-order valence-electron chi connectivity index (χ0n) is 14.1. The summed E-state index contributed by atoms with van der Waals surface area (Å²) >= 11 is 7.60. The first-order valence-electron chi connectivity index (χ1n) is 7.91. The molecule has 5 heteroatoms. The highest BCUT2D eigenvalue weighted by Gasteiger charge is 2.16. The highest BCUT2D eigenvalue weighted by atomic mass is 35.5. The minimum Gasteiger partial charge on any atom is -0.491 e. The van der Waals surface area contributed by atoms with Crippen LogP contribution >= 0.6 is 23.4 Å². The van der Waals surface area contributed by atoms with Crippen LogP contribution < -0.4 is 10.1 Å². The molecule has 2 rings (SSSR count). The van der Waals surface area contributed by atoms with E-state index in [1.165, 1.54) is 11.8 Å². The molecule has 0 saturated heterocycles. The Bertz CT molecular complexity index is 691. The van der Waals surface area contributed by atoms with Gasteiger partial charge in [-0.05, 0) is 39.0 Å². The number of carbonyl (C=O) groups excluding carboxylic acids is 1. The lowest BCUT2D eigenvalue weighted by Crippen LogP contribution is -2.30. The lowest BCUT2D eigenvalue weighted by molar-refractivity contribution is -0.120. The topological polar surface area (TPSA) is 38.3 Å². The number of amides is 1. The average Bonchev–Trinajstić information content (AvgIpc) is 2.55. The van der Waals surface area contributed by atoms with Crippen LogP contribution in [0.1, 0.15) is 26.3 Å². The van der Waals surface area contributed by atoms with Gasteiger partial charge in [-0.1, -0.05) is 41.9 Å². The van der Waals surface area contributed by atoms with Crippen molar-refractivity contribution in [2.24, 2.45) is 0 Å². The Morgan fingerprint density at radius 1 is 1.12 bits per heavy atom. The van der Waals surface area contributed by atoms with E-state index in [4.69, 9.17) is 16.3 Å². The lowest BCUT2D eigenvalue weighted by atomic mass is 10.2. The van der Waals surface area contributed by atoms with Crippen LogP contribution in [-0.4, -0.2) is 17.3 Å². The monoisotopic (exact) mass is 363 g/mol. The molecular weight excluding hydrogens is 342 g/mol. The predicted molar refractivity (Wildman–Crippen MR) is 101 cm³/mol. The summed E-state index contributed by atoms with van der Waals surface area (Å²) in [5.41, 5.74) is 0.967. The Balaban J connectivity index is 1.94. The van der Waals surface area contributed by atoms with Crippen LogP contribution in [0.25, 0.3) is 0 Å². The number of nitrogens with one attached hydrogen (secondary N) is 1. The second-order valence-corrected chi connectivity index (χ2v) is 7.47. The van der Waals surface area contributed by atoms with Crippen molar-refractivity contribution in [2.75, 3.05) is 0 Å². The van der Waals surface area contributed by atoms with Crippen molar-refractivity contribution in [3.8, 4) is 5.75 Å². The van der Waals surface area contributed by atoms with Gasteiger partial charge in [0.15, 0.2) is 0 Å². The van der Waals surface area contributed by atoms with Crippen molar-refractivity contribution in [2.45, 2.75) is 43.6 Å². The van der Waals surface area contributed by atoms with Crippen LogP contribution in [-0.2, 0) is 11.3 Å². The number of hydrogen-bond acceptors (Lipinski definition) is 3. The van der Waals surface area contributed by atoms with Crippen molar-refractivity contribution in [1.82, 2.24) is 5.32 Å². The fourth-order valence-corrected chi connectivity index (χ4v) is 3.31. The molecule has 0 radical (unpaired) electrons. The molecule has 2 aromatic carbocycles. The van der Waals surface area contributed by atoms with Crippen molar-refractivity contribution in [3.63, 3.8) is 0 Å². The number of carbonyl (C=O) groups is 1. The van der Waals surface area contributed by atoms with E-state index in [9.17, 15) is 4.79 Å². The zero-order valence-corrected chi connectivity index (χ0v) is 15.7. The van der Waals surface area contributed by atoms with Gasteiger partial charge in [-0.15, -0.1) is 11.8 Å². The third kappa shape index (κ3) is 5.46. The zero-order chi connectivity index (χ0) is 17.5. The molecule has 0 aliphatic rings. The molecule has 0 aliphatic heterocycles. The molecule has 0 aromatic heterocycles. The van der Waals surface area contributed by atoms with E-state index in [2.05, 4.69) is 5.32 Å². The van der Waals surface area contributed by atoms with Crippen LogP contribution in [0.5, 0.6) is 5.75 Å². The van der Waals surface area contributed by atoms with E-state index in [1.54, 1.807) is 0 Å². The molecule has 0 fully saturated rings. The third-order valence-electron chi connectivity index (χ3n) is 3.30. The number of para-hydroxylation sites is 1. The maximum absolute atomic E-state index is 12.3. The fraction of sp³-hybridized carbons (Fsp3) is 0.316. The lowest BCUT2D eigenvalue weighted by Gasteiger charge is -2.16. The van der Waals surface area contributed by atoms with Gasteiger partial charge >= 0.3 is 0 Å². The first-order chi connectivity index (χ1) is 11.5. The quantitative estimate of drug-likeness (QED) is 0.709. The first-order valence-corrected chi connectivity index (χ1v) is 9.16. The molecule has 128 valence electrons. The van der Waals surface area contributed by atoms with Gasteiger partial charge < -0.3 is 10.1 Å². The van der Waals surface area contributed by atoms with Crippen LogP contribution in [0.3, 0.4) is 0 Å². The Labute approximate surface area is 152 Å². The molecule has 1 unspecified atom stereocenters.